The predicted molar refractivity (Wildman–Crippen MR) is 83.9 cm³/mol. The molecule has 3 nitrogen and oxygen atoms in total. The molecule has 0 amide bonds. The van der Waals surface area contributed by atoms with Gasteiger partial charge in [0.25, 0.3) is 0 Å². The molecule has 0 bridgehead atoms. The molecule has 3 heteroatoms. The Bertz CT molecular complexity index is 830. The van der Waals surface area contributed by atoms with Crippen LogP contribution in [0.15, 0.2) is 48.7 Å². The number of carboxylic acid groups (broad SMARTS) is 1. The number of benzene rings is 2. The van der Waals surface area contributed by atoms with Crippen molar-refractivity contribution in [3.8, 4) is 0 Å². The maximum Gasteiger partial charge on any atom is 0.335 e. The summed E-state index contributed by atoms with van der Waals surface area (Å²) in [6.45, 7) is 4.79. The molecule has 1 heterocycles. The molecule has 0 atom stereocenters. The zero-order chi connectivity index (χ0) is 15.0. The van der Waals surface area contributed by atoms with Gasteiger partial charge >= 0.3 is 5.97 Å². The molecule has 0 saturated heterocycles. The fraction of sp³-hybridized carbons (Fsp3) is 0.167. The zero-order valence-electron chi connectivity index (χ0n) is 12.1. The molecule has 0 aliphatic rings. The largest absolute Gasteiger partial charge is 0.478 e. The van der Waals surface area contributed by atoms with E-state index >= 15 is 0 Å². The van der Waals surface area contributed by atoms with E-state index in [1.165, 1.54) is 16.5 Å². The zero-order valence-corrected chi connectivity index (χ0v) is 12.1. The Morgan fingerprint density at radius 2 is 1.90 bits per heavy atom. The van der Waals surface area contributed by atoms with Gasteiger partial charge in [-0.1, -0.05) is 17.7 Å². The third kappa shape index (κ3) is 2.55. The molecule has 3 rings (SSSR count). The number of hydrogen-bond acceptors (Lipinski definition) is 1. The van der Waals surface area contributed by atoms with Gasteiger partial charge in [0.15, 0.2) is 0 Å². The highest BCUT2D eigenvalue weighted by Gasteiger charge is 2.07. The van der Waals surface area contributed by atoms with Crippen molar-refractivity contribution in [1.29, 1.82) is 0 Å². The predicted octanol–water partition coefficient (Wildman–Crippen LogP) is 4.00. The van der Waals surface area contributed by atoms with Crippen LogP contribution in [0.4, 0.5) is 0 Å². The van der Waals surface area contributed by atoms with E-state index < -0.39 is 5.97 Å². The first kappa shape index (κ1) is 13.4. The minimum Gasteiger partial charge on any atom is -0.478 e. The molecule has 0 fully saturated rings. The second-order valence-corrected chi connectivity index (χ2v) is 5.45. The van der Waals surface area contributed by atoms with Crippen molar-refractivity contribution in [3.05, 3.63) is 70.9 Å². The first-order valence-corrected chi connectivity index (χ1v) is 6.93. The van der Waals surface area contributed by atoms with E-state index in [1.807, 2.05) is 13.0 Å². The third-order valence-corrected chi connectivity index (χ3v) is 3.86. The molecular weight excluding hydrogens is 262 g/mol. The fourth-order valence-corrected chi connectivity index (χ4v) is 2.65. The summed E-state index contributed by atoms with van der Waals surface area (Å²) >= 11 is 0. The van der Waals surface area contributed by atoms with Gasteiger partial charge in [0.1, 0.15) is 0 Å². The Morgan fingerprint density at radius 1 is 1.10 bits per heavy atom. The van der Waals surface area contributed by atoms with E-state index in [0.717, 1.165) is 17.7 Å². The van der Waals surface area contributed by atoms with Gasteiger partial charge in [-0.05, 0) is 60.7 Å². The smallest absolute Gasteiger partial charge is 0.335 e. The van der Waals surface area contributed by atoms with Crippen LogP contribution in [0.25, 0.3) is 10.9 Å². The average molecular weight is 279 g/mol. The number of rotatable bonds is 3. The van der Waals surface area contributed by atoms with E-state index in [4.69, 9.17) is 5.11 Å². The number of aromatic nitrogens is 1. The SMILES string of the molecule is Cc1ccc2c(ccn2Cc2ccc(C(=O)O)cc2C)c1. The monoisotopic (exact) mass is 279 g/mol. The molecule has 0 radical (unpaired) electrons. The first-order chi connectivity index (χ1) is 10.0. The third-order valence-electron chi connectivity index (χ3n) is 3.86. The van der Waals surface area contributed by atoms with Gasteiger partial charge in [-0.2, -0.15) is 0 Å². The highest BCUT2D eigenvalue weighted by atomic mass is 16.4. The minimum atomic E-state index is -0.883. The Labute approximate surface area is 123 Å². The van der Waals surface area contributed by atoms with Crippen LogP contribution >= 0.6 is 0 Å². The summed E-state index contributed by atoms with van der Waals surface area (Å²) in [6, 6.07) is 13.8. The van der Waals surface area contributed by atoms with E-state index in [0.29, 0.717) is 5.56 Å². The minimum absolute atomic E-state index is 0.337. The van der Waals surface area contributed by atoms with E-state index in [2.05, 4.69) is 42.0 Å². The lowest BCUT2D eigenvalue weighted by Gasteiger charge is -2.10. The first-order valence-electron chi connectivity index (χ1n) is 6.93. The number of carboxylic acids is 1. The Hall–Kier alpha value is -2.55. The number of aromatic carboxylic acids is 1. The topological polar surface area (TPSA) is 42.2 Å². The lowest BCUT2D eigenvalue weighted by atomic mass is 10.0. The Kier molecular flexibility index (Phi) is 3.26. The Morgan fingerprint density at radius 3 is 2.62 bits per heavy atom. The van der Waals surface area contributed by atoms with Gasteiger partial charge < -0.3 is 9.67 Å². The summed E-state index contributed by atoms with van der Waals surface area (Å²) in [7, 11) is 0. The van der Waals surface area contributed by atoms with Crippen molar-refractivity contribution >= 4 is 16.9 Å². The molecule has 0 aliphatic heterocycles. The second kappa shape index (κ2) is 5.09. The van der Waals surface area contributed by atoms with Crippen LogP contribution in [-0.2, 0) is 6.54 Å². The molecule has 0 saturated carbocycles. The van der Waals surface area contributed by atoms with Crippen LogP contribution in [0.3, 0.4) is 0 Å². The van der Waals surface area contributed by atoms with Crippen LogP contribution in [0.2, 0.25) is 0 Å². The van der Waals surface area contributed by atoms with Crippen molar-refractivity contribution in [2.75, 3.05) is 0 Å². The van der Waals surface area contributed by atoms with Gasteiger partial charge in [0.2, 0.25) is 0 Å². The summed E-state index contributed by atoms with van der Waals surface area (Å²) in [5, 5.41) is 10.3. The highest BCUT2D eigenvalue weighted by molar-refractivity contribution is 5.88. The molecule has 0 aliphatic carbocycles. The second-order valence-electron chi connectivity index (χ2n) is 5.45. The number of hydrogen-bond donors (Lipinski definition) is 1. The maximum absolute atomic E-state index is 11.0. The van der Waals surface area contributed by atoms with E-state index in [1.54, 1.807) is 12.1 Å². The molecule has 3 aromatic rings. The number of fused-ring (bicyclic) bond motifs is 1. The normalized spacial score (nSPS) is 11.0. The van der Waals surface area contributed by atoms with E-state index in [9.17, 15) is 4.79 Å². The van der Waals surface area contributed by atoms with Crippen molar-refractivity contribution in [2.24, 2.45) is 0 Å². The van der Waals surface area contributed by atoms with Crippen molar-refractivity contribution in [1.82, 2.24) is 4.57 Å². The summed E-state index contributed by atoms with van der Waals surface area (Å²) in [5.41, 5.74) is 4.93. The number of nitrogens with zero attached hydrogens (tertiary/aromatic N) is 1. The van der Waals surface area contributed by atoms with Crippen LogP contribution in [0.5, 0.6) is 0 Å². The molecule has 0 spiro atoms. The van der Waals surface area contributed by atoms with Crippen molar-refractivity contribution < 1.29 is 9.90 Å². The molecule has 21 heavy (non-hydrogen) atoms. The lowest BCUT2D eigenvalue weighted by Crippen LogP contribution is -2.03. The molecule has 0 unspecified atom stereocenters. The lowest BCUT2D eigenvalue weighted by molar-refractivity contribution is 0.0697. The fourth-order valence-electron chi connectivity index (χ4n) is 2.65. The highest BCUT2D eigenvalue weighted by Crippen LogP contribution is 2.20. The van der Waals surface area contributed by atoms with Gasteiger partial charge in [-0.25, -0.2) is 4.79 Å². The number of carbonyl (C=O) groups is 1. The van der Waals surface area contributed by atoms with Gasteiger partial charge in [-0.15, -0.1) is 0 Å². The molecule has 1 N–H and O–H groups in total. The van der Waals surface area contributed by atoms with Gasteiger partial charge in [0.05, 0.1) is 5.56 Å². The molecule has 2 aromatic carbocycles. The Balaban J connectivity index is 1.97. The van der Waals surface area contributed by atoms with Crippen molar-refractivity contribution in [2.45, 2.75) is 20.4 Å². The van der Waals surface area contributed by atoms with Crippen molar-refractivity contribution in [3.63, 3.8) is 0 Å². The molecule has 106 valence electrons. The molecular formula is C18H17NO2. The van der Waals surface area contributed by atoms with Crippen LogP contribution in [0, 0.1) is 13.8 Å². The van der Waals surface area contributed by atoms with Gasteiger partial charge in [-0.3, -0.25) is 0 Å². The summed E-state index contributed by atoms with van der Waals surface area (Å²) in [5.74, 6) is -0.883. The summed E-state index contributed by atoms with van der Waals surface area (Å²) in [4.78, 5) is 11.0. The van der Waals surface area contributed by atoms with Crippen LogP contribution in [-0.4, -0.2) is 15.6 Å². The van der Waals surface area contributed by atoms with Crippen LogP contribution in [0.1, 0.15) is 27.0 Å². The summed E-state index contributed by atoms with van der Waals surface area (Å²) < 4.78 is 2.19. The molecule has 1 aromatic heterocycles. The van der Waals surface area contributed by atoms with E-state index in [-0.39, 0.29) is 0 Å². The number of aryl methyl sites for hydroxylation is 2. The van der Waals surface area contributed by atoms with Gasteiger partial charge in [0, 0.05) is 18.3 Å². The maximum atomic E-state index is 11.0. The standard InChI is InChI=1S/C18H17NO2/c1-12-3-6-17-14(9-12)7-8-19(17)11-16-5-4-15(18(20)21)10-13(16)2/h3-10H,11H2,1-2H3,(H,20,21). The van der Waals surface area contributed by atoms with Crippen LogP contribution < -0.4 is 0 Å². The summed E-state index contributed by atoms with van der Waals surface area (Å²) in [6.07, 6.45) is 2.08. The average Bonchev–Trinajstić information content (AvgIpc) is 2.83. The quantitative estimate of drug-likeness (QED) is 0.787.